The van der Waals surface area contributed by atoms with Crippen LogP contribution in [0.1, 0.15) is 16.9 Å². The Balaban J connectivity index is 1.56. The van der Waals surface area contributed by atoms with Gasteiger partial charge in [0.05, 0.1) is 22.6 Å². The molecule has 126 valence electrons. The number of carboxylic acid groups (broad SMARTS) is 1. The third-order valence-corrected chi connectivity index (χ3v) is 5.91. The predicted molar refractivity (Wildman–Crippen MR) is 86.8 cm³/mol. The number of fused-ring (bicyclic) bond motifs is 1. The van der Waals surface area contributed by atoms with Crippen LogP contribution >= 0.6 is 11.3 Å². The zero-order valence-electron chi connectivity index (χ0n) is 12.9. The minimum absolute atomic E-state index is 0.164. The van der Waals surface area contributed by atoms with Crippen molar-refractivity contribution in [3.8, 4) is 10.6 Å². The van der Waals surface area contributed by atoms with Gasteiger partial charge in [0.1, 0.15) is 0 Å². The molecule has 4 heterocycles. The molecule has 2 N–H and O–H groups in total. The SMILES string of the molecule is O=C(c1cc(-c2cccs2)[nH]n1)N1C[C@H]2COCC[C@@]2(C(=O)O)C1. The standard InChI is InChI=1S/C16H17N3O4S/c20-14(12-6-11(17-18-12)13-2-1-5-24-13)19-7-10-8-23-4-3-16(10,9-19)15(21)22/h1-2,5-6,10H,3-4,7-9H2,(H,17,18)(H,21,22)/t10-,16+/m0/s1. The van der Waals surface area contributed by atoms with Gasteiger partial charge in [-0.05, 0) is 23.9 Å². The van der Waals surface area contributed by atoms with Crippen LogP contribution in [0.3, 0.4) is 0 Å². The highest BCUT2D eigenvalue weighted by Gasteiger charge is 2.55. The van der Waals surface area contributed by atoms with Crippen LogP contribution in [0.2, 0.25) is 0 Å². The molecule has 0 saturated carbocycles. The molecule has 0 spiro atoms. The summed E-state index contributed by atoms with van der Waals surface area (Å²) in [6.45, 7) is 1.43. The summed E-state index contributed by atoms with van der Waals surface area (Å²) in [6.07, 6.45) is 0.442. The number of thiophene rings is 1. The Kier molecular flexibility index (Phi) is 3.65. The van der Waals surface area contributed by atoms with E-state index in [1.54, 1.807) is 22.3 Å². The van der Waals surface area contributed by atoms with E-state index in [1.165, 1.54) is 0 Å². The van der Waals surface area contributed by atoms with Crippen molar-refractivity contribution in [2.75, 3.05) is 26.3 Å². The molecule has 0 aromatic carbocycles. The lowest BCUT2D eigenvalue weighted by Gasteiger charge is -2.33. The second-order valence-corrected chi connectivity index (χ2v) is 7.26. The molecule has 24 heavy (non-hydrogen) atoms. The number of H-pyrrole nitrogens is 1. The van der Waals surface area contributed by atoms with Gasteiger partial charge in [-0.15, -0.1) is 11.3 Å². The second-order valence-electron chi connectivity index (χ2n) is 6.31. The van der Waals surface area contributed by atoms with E-state index in [2.05, 4.69) is 10.2 Å². The molecule has 8 heteroatoms. The lowest BCUT2D eigenvalue weighted by atomic mass is 9.74. The first kappa shape index (κ1) is 15.3. The first-order valence-corrected chi connectivity index (χ1v) is 8.68. The van der Waals surface area contributed by atoms with Crippen LogP contribution in [0.15, 0.2) is 23.6 Å². The van der Waals surface area contributed by atoms with Gasteiger partial charge in [-0.2, -0.15) is 5.10 Å². The maximum atomic E-state index is 12.8. The number of nitrogens with zero attached hydrogens (tertiary/aromatic N) is 2. The van der Waals surface area contributed by atoms with E-state index >= 15 is 0 Å². The number of ether oxygens (including phenoxy) is 1. The maximum absolute atomic E-state index is 12.8. The van der Waals surface area contributed by atoms with Crippen molar-refractivity contribution in [3.63, 3.8) is 0 Å². The number of aromatic amines is 1. The largest absolute Gasteiger partial charge is 0.481 e. The maximum Gasteiger partial charge on any atom is 0.311 e. The number of amides is 1. The van der Waals surface area contributed by atoms with E-state index < -0.39 is 11.4 Å². The number of rotatable bonds is 3. The number of aromatic nitrogens is 2. The average Bonchev–Trinajstić information content (AvgIpc) is 3.30. The molecule has 0 bridgehead atoms. The number of hydrogen-bond donors (Lipinski definition) is 2. The fraction of sp³-hybridized carbons (Fsp3) is 0.438. The van der Waals surface area contributed by atoms with Gasteiger partial charge in [-0.3, -0.25) is 14.7 Å². The highest BCUT2D eigenvalue weighted by atomic mass is 32.1. The van der Waals surface area contributed by atoms with Crippen LogP contribution in [0.25, 0.3) is 10.6 Å². The topological polar surface area (TPSA) is 95.5 Å². The average molecular weight is 347 g/mol. The van der Waals surface area contributed by atoms with Crippen molar-refractivity contribution in [2.45, 2.75) is 6.42 Å². The van der Waals surface area contributed by atoms with E-state index in [-0.39, 0.29) is 18.4 Å². The number of nitrogens with one attached hydrogen (secondary N) is 1. The van der Waals surface area contributed by atoms with E-state index in [4.69, 9.17) is 4.74 Å². The Morgan fingerprint density at radius 1 is 1.50 bits per heavy atom. The monoisotopic (exact) mass is 347 g/mol. The number of hydrogen-bond acceptors (Lipinski definition) is 5. The summed E-state index contributed by atoms with van der Waals surface area (Å²) in [4.78, 5) is 27.2. The van der Waals surface area contributed by atoms with Crippen LogP contribution in [0.5, 0.6) is 0 Å². The van der Waals surface area contributed by atoms with Crippen LogP contribution in [-0.4, -0.2) is 58.4 Å². The van der Waals surface area contributed by atoms with Crippen LogP contribution in [-0.2, 0) is 9.53 Å². The third-order valence-electron chi connectivity index (χ3n) is 5.00. The fourth-order valence-corrected chi connectivity index (χ4v) is 4.30. The summed E-state index contributed by atoms with van der Waals surface area (Å²) < 4.78 is 5.42. The quantitative estimate of drug-likeness (QED) is 0.881. The van der Waals surface area contributed by atoms with Crippen LogP contribution in [0, 0.1) is 11.3 Å². The molecule has 2 aliphatic heterocycles. The molecule has 2 fully saturated rings. The van der Waals surface area contributed by atoms with Gasteiger partial charge in [0, 0.05) is 25.6 Å². The molecule has 0 aliphatic carbocycles. The Morgan fingerprint density at radius 3 is 3.08 bits per heavy atom. The lowest BCUT2D eigenvalue weighted by Crippen LogP contribution is -2.45. The van der Waals surface area contributed by atoms with Crippen molar-refractivity contribution in [3.05, 3.63) is 29.3 Å². The summed E-state index contributed by atoms with van der Waals surface area (Å²) in [7, 11) is 0. The summed E-state index contributed by atoms with van der Waals surface area (Å²) in [6, 6.07) is 5.61. The molecule has 2 saturated heterocycles. The van der Waals surface area contributed by atoms with E-state index in [1.807, 2.05) is 17.5 Å². The molecular formula is C16H17N3O4S. The van der Waals surface area contributed by atoms with Crippen molar-refractivity contribution >= 4 is 23.2 Å². The minimum Gasteiger partial charge on any atom is -0.481 e. The molecule has 1 amide bonds. The summed E-state index contributed by atoms with van der Waals surface area (Å²) in [5.74, 6) is -1.24. The number of carbonyl (C=O) groups is 2. The highest BCUT2D eigenvalue weighted by Crippen LogP contribution is 2.42. The van der Waals surface area contributed by atoms with E-state index in [9.17, 15) is 14.7 Å². The Morgan fingerprint density at radius 2 is 2.38 bits per heavy atom. The summed E-state index contributed by atoms with van der Waals surface area (Å²) >= 11 is 1.56. The summed E-state index contributed by atoms with van der Waals surface area (Å²) in [5, 5.41) is 18.6. The van der Waals surface area contributed by atoms with Gasteiger partial charge < -0.3 is 14.7 Å². The first-order chi connectivity index (χ1) is 11.6. The molecule has 0 unspecified atom stereocenters. The zero-order chi connectivity index (χ0) is 16.7. The number of carbonyl (C=O) groups excluding carboxylic acids is 1. The Hall–Kier alpha value is -2.19. The van der Waals surface area contributed by atoms with Gasteiger partial charge in [0.2, 0.25) is 0 Å². The Labute approximate surface area is 142 Å². The van der Waals surface area contributed by atoms with Crippen molar-refractivity contribution < 1.29 is 19.4 Å². The number of likely N-dealkylation sites (tertiary alicyclic amines) is 1. The van der Waals surface area contributed by atoms with Crippen LogP contribution < -0.4 is 0 Å². The van der Waals surface area contributed by atoms with Gasteiger partial charge in [-0.1, -0.05) is 6.07 Å². The zero-order valence-corrected chi connectivity index (χ0v) is 13.7. The van der Waals surface area contributed by atoms with Crippen molar-refractivity contribution in [2.24, 2.45) is 11.3 Å². The summed E-state index contributed by atoms with van der Waals surface area (Å²) in [5.41, 5.74) is 0.223. The first-order valence-electron chi connectivity index (χ1n) is 7.80. The molecule has 2 aromatic heterocycles. The molecule has 2 atom stereocenters. The third kappa shape index (κ3) is 2.33. The molecular weight excluding hydrogens is 330 g/mol. The van der Waals surface area contributed by atoms with E-state index in [0.29, 0.717) is 31.9 Å². The van der Waals surface area contributed by atoms with Gasteiger partial charge >= 0.3 is 5.97 Å². The minimum atomic E-state index is -0.888. The number of carboxylic acids is 1. The van der Waals surface area contributed by atoms with Gasteiger partial charge in [0.15, 0.2) is 5.69 Å². The lowest BCUT2D eigenvalue weighted by molar-refractivity contribution is -0.157. The number of aliphatic carboxylic acids is 1. The Bertz CT molecular complexity index is 772. The molecule has 2 aliphatic rings. The predicted octanol–water partition coefficient (Wildman–Crippen LogP) is 1.70. The molecule has 0 radical (unpaired) electrons. The second kappa shape index (κ2) is 5.71. The highest BCUT2D eigenvalue weighted by molar-refractivity contribution is 7.13. The molecule has 2 aromatic rings. The van der Waals surface area contributed by atoms with E-state index in [0.717, 1.165) is 10.6 Å². The normalized spacial score (nSPS) is 26.3. The van der Waals surface area contributed by atoms with Crippen molar-refractivity contribution in [1.82, 2.24) is 15.1 Å². The fourth-order valence-electron chi connectivity index (χ4n) is 3.61. The molecule has 7 nitrogen and oxygen atoms in total. The van der Waals surface area contributed by atoms with Gasteiger partial charge in [-0.25, -0.2) is 0 Å². The smallest absolute Gasteiger partial charge is 0.311 e. The van der Waals surface area contributed by atoms with Crippen molar-refractivity contribution in [1.29, 1.82) is 0 Å². The molecule has 4 rings (SSSR count). The van der Waals surface area contributed by atoms with Gasteiger partial charge in [0.25, 0.3) is 5.91 Å². The van der Waals surface area contributed by atoms with Crippen LogP contribution in [0.4, 0.5) is 0 Å².